The molecule has 1 rings (SSSR count). The van der Waals surface area contributed by atoms with Crippen molar-refractivity contribution in [3.05, 3.63) is 30.3 Å². The zero-order valence-corrected chi connectivity index (χ0v) is 9.10. The highest BCUT2D eigenvalue weighted by atomic mass is 28.3. The van der Waals surface area contributed by atoms with Crippen LogP contribution in [-0.4, -0.2) is 14.1 Å². The molecule has 2 nitrogen and oxygen atoms in total. The molecule has 0 bridgehead atoms. The molecule has 0 radical (unpaired) electrons. The summed E-state index contributed by atoms with van der Waals surface area (Å²) in [5.41, 5.74) is 0. The predicted molar refractivity (Wildman–Crippen MR) is 56.2 cm³/mol. The van der Waals surface area contributed by atoms with Gasteiger partial charge in [-0.2, -0.15) is 0 Å². The monoisotopic (exact) mass is 196 g/mol. The van der Waals surface area contributed by atoms with Crippen LogP contribution < -0.4 is 4.43 Å². The normalized spacial score (nSPS) is 12.5. The van der Waals surface area contributed by atoms with Crippen molar-refractivity contribution in [2.24, 2.45) is 0 Å². The van der Waals surface area contributed by atoms with Gasteiger partial charge in [0.2, 0.25) is 0 Å². The Kier molecular flexibility index (Phi) is 4.57. The number of hydrogen-bond acceptors (Lipinski definition) is 2. The van der Waals surface area contributed by atoms with Crippen LogP contribution in [0.4, 0.5) is 0 Å². The van der Waals surface area contributed by atoms with E-state index in [1.54, 1.807) is 0 Å². The number of para-hydroxylation sites is 1. The average molecular weight is 196 g/mol. The summed E-state index contributed by atoms with van der Waals surface area (Å²) in [6.45, 7) is 2.11. The second-order valence-corrected chi connectivity index (χ2v) is 4.75. The Bertz CT molecular complexity index is 226. The van der Waals surface area contributed by atoms with Crippen LogP contribution in [-0.2, 0) is 0 Å². The minimum Gasteiger partial charge on any atom is -0.522 e. The molecular formula is C10H16O2Si. The van der Waals surface area contributed by atoms with Crippen molar-refractivity contribution in [2.45, 2.75) is 25.8 Å². The molecule has 0 saturated carbocycles. The SMILES string of the molecule is CCCC[SiH](O)Oc1ccccc1. The molecule has 0 aliphatic heterocycles. The topological polar surface area (TPSA) is 29.5 Å². The first-order valence-electron chi connectivity index (χ1n) is 4.72. The summed E-state index contributed by atoms with van der Waals surface area (Å²) in [5.74, 6) is 0.790. The molecular weight excluding hydrogens is 180 g/mol. The number of hydrogen-bond donors (Lipinski definition) is 1. The van der Waals surface area contributed by atoms with Crippen molar-refractivity contribution in [3.63, 3.8) is 0 Å². The summed E-state index contributed by atoms with van der Waals surface area (Å²) in [4.78, 5) is 9.55. The minimum absolute atomic E-state index is 0.790. The van der Waals surface area contributed by atoms with E-state index in [1.165, 1.54) is 0 Å². The molecule has 72 valence electrons. The van der Waals surface area contributed by atoms with Crippen molar-refractivity contribution in [3.8, 4) is 5.75 Å². The van der Waals surface area contributed by atoms with E-state index in [0.717, 1.165) is 24.6 Å². The maximum Gasteiger partial charge on any atom is 0.379 e. The maximum absolute atomic E-state index is 9.55. The first-order valence-corrected chi connectivity index (χ1v) is 6.53. The zero-order chi connectivity index (χ0) is 9.52. The van der Waals surface area contributed by atoms with E-state index in [0.29, 0.717) is 0 Å². The maximum atomic E-state index is 9.55. The molecule has 1 N–H and O–H groups in total. The molecule has 1 aromatic rings. The lowest BCUT2D eigenvalue weighted by Crippen LogP contribution is -2.20. The molecule has 0 saturated heterocycles. The number of benzene rings is 1. The van der Waals surface area contributed by atoms with Gasteiger partial charge in [-0.1, -0.05) is 38.0 Å². The summed E-state index contributed by atoms with van der Waals surface area (Å²) >= 11 is 0. The lowest BCUT2D eigenvalue weighted by atomic mass is 10.3. The Morgan fingerprint density at radius 2 is 2.00 bits per heavy atom. The van der Waals surface area contributed by atoms with Gasteiger partial charge < -0.3 is 9.22 Å². The molecule has 1 atom stereocenters. The van der Waals surface area contributed by atoms with Gasteiger partial charge in [0.15, 0.2) is 0 Å². The van der Waals surface area contributed by atoms with Crippen molar-refractivity contribution in [1.82, 2.24) is 0 Å². The van der Waals surface area contributed by atoms with Gasteiger partial charge in [-0.25, -0.2) is 0 Å². The molecule has 0 aliphatic rings. The quantitative estimate of drug-likeness (QED) is 0.731. The summed E-state index contributed by atoms with van der Waals surface area (Å²) < 4.78 is 5.41. The molecule has 0 heterocycles. The van der Waals surface area contributed by atoms with Crippen LogP contribution in [0.3, 0.4) is 0 Å². The molecule has 13 heavy (non-hydrogen) atoms. The van der Waals surface area contributed by atoms with E-state index in [2.05, 4.69) is 6.92 Å². The van der Waals surface area contributed by atoms with Crippen LogP contribution in [0.15, 0.2) is 30.3 Å². The fourth-order valence-corrected chi connectivity index (χ4v) is 2.44. The highest BCUT2D eigenvalue weighted by Crippen LogP contribution is 2.11. The third-order valence-electron chi connectivity index (χ3n) is 1.82. The van der Waals surface area contributed by atoms with Crippen LogP contribution in [0.2, 0.25) is 6.04 Å². The lowest BCUT2D eigenvalue weighted by molar-refractivity contribution is 0.410. The summed E-state index contributed by atoms with van der Waals surface area (Å²) in [6, 6.07) is 10.4. The largest absolute Gasteiger partial charge is 0.522 e. The van der Waals surface area contributed by atoms with E-state index in [9.17, 15) is 4.80 Å². The van der Waals surface area contributed by atoms with Gasteiger partial charge >= 0.3 is 9.28 Å². The van der Waals surface area contributed by atoms with Crippen LogP contribution in [0.5, 0.6) is 5.75 Å². The van der Waals surface area contributed by atoms with E-state index in [1.807, 2.05) is 30.3 Å². The van der Waals surface area contributed by atoms with Gasteiger partial charge in [-0.3, -0.25) is 0 Å². The highest BCUT2D eigenvalue weighted by Gasteiger charge is 2.08. The van der Waals surface area contributed by atoms with Gasteiger partial charge in [0.25, 0.3) is 0 Å². The smallest absolute Gasteiger partial charge is 0.379 e. The van der Waals surface area contributed by atoms with Crippen LogP contribution in [0, 0.1) is 0 Å². The predicted octanol–water partition coefficient (Wildman–Crippen LogP) is 2.08. The van der Waals surface area contributed by atoms with Gasteiger partial charge in [0.1, 0.15) is 5.75 Å². The molecule has 3 heteroatoms. The average Bonchev–Trinajstić information content (AvgIpc) is 2.16. The Hall–Kier alpha value is -0.803. The van der Waals surface area contributed by atoms with E-state index >= 15 is 0 Å². The first-order chi connectivity index (χ1) is 6.33. The molecule has 1 aromatic carbocycles. The highest BCUT2D eigenvalue weighted by molar-refractivity contribution is 6.43. The Labute approximate surface area is 81.0 Å². The lowest BCUT2D eigenvalue weighted by Gasteiger charge is -2.10. The van der Waals surface area contributed by atoms with E-state index < -0.39 is 9.28 Å². The van der Waals surface area contributed by atoms with Crippen molar-refractivity contribution >= 4 is 9.28 Å². The summed E-state index contributed by atoms with van der Waals surface area (Å²) in [7, 11) is -1.95. The molecule has 0 aliphatic carbocycles. The van der Waals surface area contributed by atoms with Crippen molar-refractivity contribution in [1.29, 1.82) is 0 Å². The van der Waals surface area contributed by atoms with Crippen LogP contribution >= 0.6 is 0 Å². The Balaban J connectivity index is 2.32. The number of unbranched alkanes of at least 4 members (excludes halogenated alkanes) is 1. The zero-order valence-electron chi connectivity index (χ0n) is 7.94. The molecule has 0 aromatic heterocycles. The standard InChI is InChI=1S/C10H16O2Si/c1-2-3-9-13(11)12-10-7-5-4-6-8-10/h4-8,11,13H,2-3,9H2,1H3. The van der Waals surface area contributed by atoms with Crippen molar-refractivity contribution in [2.75, 3.05) is 0 Å². The molecule has 0 amide bonds. The van der Waals surface area contributed by atoms with E-state index in [-0.39, 0.29) is 0 Å². The third kappa shape index (κ3) is 4.10. The van der Waals surface area contributed by atoms with Gasteiger partial charge in [-0.05, 0) is 18.2 Å². The second-order valence-electron chi connectivity index (χ2n) is 3.03. The second kappa shape index (κ2) is 5.78. The summed E-state index contributed by atoms with van der Waals surface area (Å²) in [6.07, 6.45) is 2.17. The fraction of sp³-hybridized carbons (Fsp3) is 0.400. The third-order valence-corrected chi connectivity index (χ3v) is 3.27. The Morgan fingerprint density at radius 3 is 2.62 bits per heavy atom. The van der Waals surface area contributed by atoms with Crippen molar-refractivity contribution < 1.29 is 9.22 Å². The van der Waals surface area contributed by atoms with Crippen LogP contribution in [0.1, 0.15) is 19.8 Å². The number of rotatable bonds is 5. The van der Waals surface area contributed by atoms with Gasteiger partial charge in [0, 0.05) is 0 Å². The molecule has 0 spiro atoms. The minimum atomic E-state index is -1.95. The molecule has 1 unspecified atom stereocenters. The molecule has 0 fully saturated rings. The van der Waals surface area contributed by atoms with Gasteiger partial charge in [-0.15, -0.1) is 0 Å². The summed E-state index contributed by atoms with van der Waals surface area (Å²) in [5, 5.41) is 0. The first kappa shape index (κ1) is 10.3. The van der Waals surface area contributed by atoms with Gasteiger partial charge in [0.05, 0.1) is 0 Å². The Morgan fingerprint density at radius 1 is 1.31 bits per heavy atom. The van der Waals surface area contributed by atoms with E-state index in [4.69, 9.17) is 4.43 Å². The van der Waals surface area contributed by atoms with Crippen LogP contribution in [0.25, 0.3) is 0 Å². The fourth-order valence-electron chi connectivity index (χ4n) is 1.09.